The van der Waals surface area contributed by atoms with Crippen LogP contribution in [0.4, 0.5) is 0 Å². The van der Waals surface area contributed by atoms with Crippen molar-refractivity contribution in [2.75, 3.05) is 0 Å². The molecular formula is C17H16N2. The lowest BCUT2D eigenvalue weighted by molar-refractivity contribution is 0.608. The first-order valence-electron chi connectivity index (χ1n) is 6.47. The number of rotatable bonds is 4. The summed E-state index contributed by atoms with van der Waals surface area (Å²) < 4.78 is 2.23. The molecule has 2 aromatic carbocycles. The summed E-state index contributed by atoms with van der Waals surface area (Å²) in [7, 11) is 0. The molecule has 1 heterocycles. The Morgan fingerprint density at radius 3 is 2.58 bits per heavy atom. The van der Waals surface area contributed by atoms with E-state index in [1.807, 2.05) is 30.6 Å². The normalized spacial score (nSPS) is 12.4. The molecule has 1 aromatic heterocycles. The molecule has 0 bridgehead atoms. The third-order valence-electron chi connectivity index (χ3n) is 3.39. The first-order chi connectivity index (χ1) is 9.40. The largest absolute Gasteiger partial charge is 0.323 e. The second-order valence-electron chi connectivity index (χ2n) is 4.59. The summed E-state index contributed by atoms with van der Waals surface area (Å²) in [5, 5.41) is 0. The number of hydrogen-bond donors (Lipinski definition) is 0. The minimum Gasteiger partial charge on any atom is -0.323 e. The minimum absolute atomic E-state index is 0.256. The first-order valence-corrected chi connectivity index (χ1v) is 6.47. The Kier molecular flexibility index (Phi) is 3.15. The molecule has 0 radical (unpaired) electrons. The minimum atomic E-state index is 0.256. The zero-order valence-electron chi connectivity index (χ0n) is 10.7. The standard InChI is InChI=1S/C17H16N2/c1-2-8-16(14-9-4-3-5-10-14)19-13-18-15-11-6-7-12-17(15)19/h2-7,9-13,16H,1,8H2. The van der Waals surface area contributed by atoms with E-state index in [0.717, 1.165) is 11.9 Å². The number of allylic oxidation sites excluding steroid dienone is 1. The molecule has 1 atom stereocenters. The molecule has 0 saturated heterocycles. The van der Waals surface area contributed by atoms with E-state index < -0.39 is 0 Å². The van der Waals surface area contributed by atoms with Gasteiger partial charge in [-0.2, -0.15) is 0 Å². The van der Waals surface area contributed by atoms with Gasteiger partial charge in [0.2, 0.25) is 0 Å². The molecule has 0 aliphatic rings. The maximum Gasteiger partial charge on any atom is 0.0964 e. The van der Waals surface area contributed by atoms with Crippen molar-refractivity contribution in [3.8, 4) is 0 Å². The van der Waals surface area contributed by atoms with Crippen LogP contribution in [0.25, 0.3) is 11.0 Å². The lowest BCUT2D eigenvalue weighted by Crippen LogP contribution is -2.08. The van der Waals surface area contributed by atoms with Crippen LogP contribution in [-0.4, -0.2) is 9.55 Å². The number of imidazole rings is 1. The first kappa shape index (κ1) is 11.7. The number of benzene rings is 2. The second-order valence-corrected chi connectivity index (χ2v) is 4.59. The van der Waals surface area contributed by atoms with E-state index >= 15 is 0 Å². The highest BCUT2D eigenvalue weighted by Gasteiger charge is 2.14. The summed E-state index contributed by atoms with van der Waals surface area (Å²) in [6.07, 6.45) is 4.78. The average Bonchev–Trinajstić information content (AvgIpc) is 2.89. The molecule has 3 aromatic rings. The Morgan fingerprint density at radius 2 is 1.79 bits per heavy atom. The number of para-hydroxylation sites is 2. The maximum atomic E-state index is 4.48. The Morgan fingerprint density at radius 1 is 1.05 bits per heavy atom. The van der Waals surface area contributed by atoms with Gasteiger partial charge in [0.25, 0.3) is 0 Å². The van der Waals surface area contributed by atoms with Gasteiger partial charge in [-0.25, -0.2) is 4.98 Å². The molecule has 2 heteroatoms. The van der Waals surface area contributed by atoms with Gasteiger partial charge in [0, 0.05) is 0 Å². The van der Waals surface area contributed by atoms with Crippen LogP contribution in [0.2, 0.25) is 0 Å². The SMILES string of the molecule is C=CCC(c1ccccc1)n1cnc2ccccc21. The Bertz CT molecular complexity index is 683. The van der Waals surface area contributed by atoms with E-state index in [0.29, 0.717) is 0 Å². The van der Waals surface area contributed by atoms with Gasteiger partial charge in [-0.1, -0.05) is 48.5 Å². The lowest BCUT2D eigenvalue weighted by atomic mass is 10.0. The van der Waals surface area contributed by atoms with Gasteiger partial charge in [-0.05, 0) is 24.1 Å². The van der Waals surface area contributed by atoms with Crippen molar-refractivity contribution >= 4 is 11.0 Å². The van der Waals surface area contributed by atoms with Crippen molar-refractivity contribution in [3.05, 3.63) is 79.1 Å². The Balaban J connectivity index is 2.12. The third kappa shape index (κ3) is 2.17. The number of hydrogen-bond acceptors (Lipinski definition) is 1. The molecule has 94 valence electrons. The van der Waals surface area contributed by atoms with E-state index in [-0.39, 0.29) is 6.04 Å². The van der Waals surface area contributed by atoms with Crippen molar-refractivity contribution < 1.29 is 0 Å². The summed E-state index contributed by atoms with van der Waals surface area (Å²) in [4.78, 5) is 4.48. The van der Waals surface area contributed by atoms with E-state index in [1.54, 1.807) is 0 Å². The summed E-state index contributed by atoms with van der Waals surface area (Å²) in [6, 6.07) is 19.0. The quantitative estimate of drug-likeness (QED) is 0.633. The van der Waals surface area contributed by atoms with Gasteiger partial charge in [0.1, 0.15) is 0 Å². The van der Waals surface area contributed by atoms with E-state index in [2.05, 4.69) is 52.5 Å². The highest BCUT2D eigenvalue weighted by molar-refractivity contribution is 5.75. The Labute approximate surface area is 113 Å². The number of fused-ring (bicyclic) bond motifs is 1. The van der Waals surface area contributed by atoms with E-state index in [9.17, 15) is 0 Å². The summed E-state index contributed by atoms with van der Waals surface area (Å²) >= 11 is 0. The molecule has 0 spiro atoms. The van der Waals surface area contributed by atoms with Crippen molar-refractivity contribution in [1.29, 1.82) is 0 Å². The third-order valence-corrected chi connectivity index (χ3v) is 3.39. The van der Waals surface area contributed by atoms with Gasteiger partial charge in [0.15, 0.2) is 0 Å². The van der Waals surface area contributed by atoms with Crippen LogP contribution in [0.1, 0.15) is 18.0 Å². The molecule has 1 unspecified atom stereocenters. The Hall–Kier alpha value is -2.35. The monoisotopic (exact) mass is 248 g/mol. The zero-order chi connectivity index (χ0) is 13.1. The van der Waals surface area contributed by atoms with Gasteiger partial charge < -0.3 is 4.57 Å². The maximum absolute atomic E-state index is 4.48. The fraction of sp³-hybridized carbons (Fsp3) is 0.118. The van der Waals surface area contributed by atoms with Crippen LogP contribution in [-0.2, 0) is 0 Å². The van der Waals surface area contributed by atoms with Gasteiger partial charge in [0.05, 0.1) is 23.4 Å². The predicted molar refractivity (Wildman–Crippen MR) is 79.1 cm³/mol. The zero-order valence-corrected chi connectivity index (χ0v) is 10.7. The molecule has 0 N–H and O–H groups in total. The van der Waals surface area contributed by atoms with Crippen molar-refractivity contribution in [2.45, 2.75) is 12.5 Å². The molecule has 2 nitrogen and oxygen atoms in total. The van der Waals surface area contributed by atoms with Crippen molar-refractivity contribution in [2.24, 2.45) is 0 Å². The average molecular weight is 248 g/mol. The van der Waals surface area contributed by atoms with Crippen molar-refractivity contribution in [3.63, 3.8) is 0 Å². The van der Waals surface area contributed by atoms with Gasteiger partial charge in [-0.3, -0.25) is 0 Å². The molecule has 0 saturated carbocycles. The van der Waals surface area contributed by atoms with Gasteiger partial charge in [-0.15, -0.1) is 6.58 Å². The summed E-state index contributed by atoms with van der Waals surface area (Å²) in [5.41, 5.74) is 3.48. The summed E-state index contributed by atoms with van der Waals surface area (Å²) in [5.74, 6) is 0. The molecule has 19 heavy (non-hydrogen) atoms. The number of aromatic nitrogens is 2. The van der Waals surface area contributed by atoms with Crippen LogP contribution >= 0.6 is 0 Å². The molecule has 3 rings (SSSR count). The molecule has 0 aliphatic carbocycles. The van der Waals surface area contributed by atoms with Crippen LogP contribution in [0, 0.1) is 0 Å². The fourth-order valence-corrected chi connectivity index (χ4v) is 2.47. The van der Waals surface area contributed by atoms with Crippen LogP contribution < -0.4 is 0 Å². The molecular weight excluding hydrogens is 232 g/mol. The smallest absolute Gasteiger partial charge is 0.0964 e. The highest BCUT2D eigenvalue weighted by atomic mass is 15.1. The lowest BCUT2D eigenvalue weighted by Gasteiger charge is -2.18. The van der Waals surface area contributed by atoms with E-state index in [1.165, 1.54) is 11.1 Å². The van der Waals surface area contributed by atoms with Crippen LogP contribution in [0.3, 0.4) is 0 Å². The molecule has 0 amide bonds. The van der Waals surface area contributed by atoms with Gasteiger partial charge >= 0.3 is 0 Å². The van der Waals surface area contributed by atoms with Crippen molar-refractivity contribution in [1.82, 2.24) is 9.55 Å². The summed E-state index contributed by atoms with van der Waals surface area (Å²) in [6.45, 7) is 3.88. The number of nitrogens with zero attached hydrogens (tertiary/aromatic N) is 2. The van der Waals surface area contributed by atoms with Crippen LogP contribution in [0.15, 0.2) is 73.6 Å². The second kappa shape index (κ2) is 5.11. The topological polar surface area (TPSA) is 17.8 Å². The highest BCUT2D eigenvalue weighted by Crippen LogP contribution is 2.26. The van der Waals surface area contributed by atoms with E-state index in [4.69, 9.17) is 0 Å². The van der Waals surface area contributed by atoms with Crippen LogP contribution in [0.5, 0.6) is 0 Å². The molecule has 0 fully saturated rings. The fourth-order valence-electron chi connectivity index (χ4n) is 2.47. The molecule has 0 aliphatic heterocycles. The predicted octanol–water partition coefficient (Wildman–Crippen LogP) is 4.20.